The van der Waals surface area contributed by atoms with Gasteiger partial charge in [-0.25, -0.2) is 4.39 Å². The van der Waals surface area contributed by atoms with Crippen molar-refractivity contribution in [1.82, 2.24) is 0 Å². The summed E-state index contributed by atoms with van der Waals surface area (Å²) in [6.45, 7) is 0. The maximum atomic E-state index is 13.4. The Morgan fingerprint density at radius 3 is 2.19 bits per heavy atom. The quantitative estimate of drug-likeness (QED) is 0.653. The summed E-state index contributed by atoms with van der Waals surface area (Å²) >= 11 is 1.11. The van der Waals surface area contributed by atoms with Crippen LogP contribution < -0.4 is 0 Å². The molecule has 0 fully saturated rings. The van der Waals surface area contributed by atoms with Gasteiger partial charge in [-0.2, -0.15) is 13.2 Å². The summed E-state index contributed by atoms with van der Waals surface area (Å²) in [5.74, 6) is -0.228. The minimum Gasteiger partial charge on any atom is -0.388 e. The number of alkyl halides is 3. The molecule has 0 aromatic heterocycles. The molecule has 1 nitrogen and oxygen atoms in total. The van der Waals surface area contributed by atoms with Crippen LogP contribution in [0.5, 0.6) is 0 Å². The van der Waals surface area contributed by atoms with Crippen molar-refractivity contribution in [3.05, 3.63) is 65.5 Å². The van der Waals surface area contributed by atoms with E-state index >= 15 is 0 Å². The second-order valence-electron chi connectivity index (χ2n) is 4.38. The zero-order chi connectivity index (χ0) is 15.5. The Labute approximate surface area is 123 Å². The van der Waals surface area contributed by atoms with E-state index in [1.54, 1.807) is 18.2 Å². The van der Waals surface area contributed by atoms with Crippen LogP contribution in [-0.4, -0.2) is 10.9 Å². The van der Waals surface area contributed by atoms with E-state index in [0.29, 0.717) is 10.5 Å². The van der Waals surface area contributed by atoms with Crippen molar-refractivity contribution in [2.24, 2.45) is 0 Å². The molecule has 2 aromatic rings. The fourth-order valence-corrected chi connectivity index (χ4v) is 2.63. The van der Waals surface area contributed by atoms with Gasteiger partial charge in [0.15, 0.2) is 0 Å². The van der Waals surface area contributed by atoms with Crippen LogP contribution in [0.25, 0.3) is 0 Å². The highest BCUT2D eigenvalue weighted by Gasteiger charge is 2.30. The van der Waals surface area contributed by atoms with Crippen LogP contribution in [0.4, 0.5) is 17.6 Å². The van der Waals surface area contributed by atoms with Gasteiger partial charge in [-0.1, -0.05) is 24.3 Å². The number of benzene rings is 2. The number of aliphatic hydroxyl groups excluding tert-OH is 1. The standard InChI is InChI=1S/C15H12F4OS/c16-12-3-1-2-4-14(12)21-9-13(20)10-5-7-11(8-6-10)15(17,18)19/h1-8,13,20H,9H2. The molecular formula is C15H12F4OS. The molecule has 0 saturated carbocycles. The van der Waals surface area contributed by atoms with Crippen LogP contribution in [0.2, 0.25) is 0 Å². The molecule has 0 heterocycles. The van der Waals surface area contributed by atoms with Crippen LogP contribution in [0, 0.1) is 5.82 Å². The maximum absolute atomic E-state index is 13.4. The SMILES string of the molecule is OC(CSc1ccccc1F)c1ccc(C(F)(F)F)cc1. The van der Waals surface area contributed by atoms with Gasteiger partial charge >= 0.3 is 6.18 Å². The van der Waals surface area contributed by atoms with Crippen LogP contribution in [0.3, 0.4) is 0 Å². The molecule has 2 rings (SSSR count). The lowest BCUT2D eigenvalue weighted by molar-refractivity contribution is -0.137. The first-order valence-corrected chi connectivity index (χ1v) is 7.09. The molecule has 0 aliphatic rings. The van der Waals surface area contributed by atoms with E-state index < -0.39 is 17.8 Å². The average molecular weight is 316 g/mol. The van der Waals surface area contributed by atoms with Gasteiger partial charge in [0, 0.05) is 10.6 Å². The van der Waals surface area contributed by atoms with Crippen LogP contribution >= 0.6 is 11.8 Å². The average Bonchev–Trinajstić information content (AvgIpc) is 2.45. The van der Waals surface area contributed by atoms with E-state index in [-0.39, 0.29) is 11.6 Å². The second kappa shape index (κ2) is 6.49. The number of rotatable bonds is 4. The van der Waals surface area contributed by atoms with E-state index in [1.807, 2.05) is 0 Å². The molecule has 0 spiro atoms. The monoisotopic (exact) mass is 316 g/mol. The van der Waals surface area contributed by atoms with Gasteiger partial charge in [-0.3, -0.25) is 0 Å². The van der Waals surface area contributed by atoms with E-state index in [2.05, 4.69) is 0 Å². The molecular weight excluding hydrogens is 304 g/mol. The lowest BCUT2D eigenvalue weighted by Gasteiger charge is -2.12. The summed E-state index contributed by atoms with van der Waals surface area (Å²) in [5.41, 5.74) is -0.396. The van der Waals surface area contributed by atoms with Gasteiger partial charge in [0.05, 0.1) is 11.7 Å². The van der Waals surface area contributed by atoms with Gasteiger partial charge in [0.2, 0.25) is 0 Å². The Balaban J connectivity index is 2.01. The normalized spacial score (nSPS) is 13.2. The second-order valence-corrected chi connectivity index (χ2v) is 5.44. The van der Waals surface area contributed by atoms with E-state index in [0.717, 1.165) is 23.9 Å². The molecule has 0 aliphatic heterocycles. The predicted octanol–water partition coefficient (Wildman–Crippen LogP) is 4.67. The Hall–Kier alpha value is -1.53. The summed E-state index contributed by atoms with van der Waals surface area (Å²) in [5, 5.41) is 9.94. The first kappa shape index (κ1) is 15.9. The van der Waals surface area contributed by atoms with Crippen molar-refractivity contribution < 1.29 is 22.7 Å². The highest BCUT2D eigenvalue weighted by molar-refractivity contribution is 7.99. The number of hydrogen-bond acceptors (Lipinski definition) is 2. The molecule has 1 N–H and O–H groups in total. The van der Waals surface area contributed by atoms with Crippen LogP contribution in [-0.2, 0) is 6.18 Å². The first-order chi connectivity index (χ1) is 9.88. The summed E-state index contributed by atoms with van der Waals surface area (Å²) in [4.78, 5) is 0.392. The molecule has 21 heavy (non-hydrogen) atoms. The molecule has 2 aromatic carbocycles. The largest absolute Gasteiger partial charge is 0.416 e. The molecule has 0 aliphatic carbocycles. The third kappa shape index (κ3) is 4.22. The molecule has 6 heteroatoms. The molecule has 1 unspecified atom stereocenters. The molecule has 1 atom stereocenters. The molecule has 0 amide bonds. The number of halogens is 4. The summed E-state index contributed by atoms with van der Waals surface area (Å²) in [6.07, 6.45) is -5.36. The first-order valence-electron chi connectivity index (χ1n) is 6.10. The van der Waals surface area contributed by atoms with Crippen molar-refractivity contribution >= 4 is 11.8 Å². The lowest BCUT2D eigenvalue weighted by atomic mass is 10.1. The Morgan fingerprint density at radius 1 is 1.00 bits per heavy atom. The minimum atomic E-state index is -4.40. The third-order valence-corrected chi connectivity index (χ3v) is 3.98. The molecule has 0 saturated heterocycles. The fourth-order valence-electron chi connectivity index (χ4n) is 1.72. The smallest absolute Gasteiger partial charge is 0.388 e. The van der Waals surface area contributed by atoms with Gasteiger partial charge in [-0.05, 0) is 29.8 Å². The van der Waals surface area contributed by atoms with Crippen molar-refractivity contribution in [1.29, 1.82) is 0 Å². The number of aliphatic hydroxyl groups is 1. The number of thioether (sulfide) groups is 1. The lowest BCUT2D eigenvalue weighted by Crippen LogP contribution is -2.06. The van der Waals surface area contributed by atoms with Crippen LogP contribution in [0.15, 0.2) is 53.4 Å². The third-order valence-electron chi connectivity index (χ3n) is 2.86. The number of hydrogen-bond donors (Lipinski definition) is 1. The van der Waals surface area contributed by atoms with Crippen molar-refractivity contribution in [2.45, 2.75) is 17.2 Å². The predicted molar refractivity (Wildman–Crippen MR) is 73.5 cm³/mol. The molecule has 112 valence electrons. The fraction of sp³-hybridized carbons (Fsp3) is 0.200. The van der Waals surface area contributed by atoms with Gasteiger partial charge in [0.25, 0.3) is 0 Å². The van der Waals surface area contributed by atoms with Crippen LogP contribution in [0.1, 0.15) is 17.2 Å². The Morgan fingerprint density at radius 2 is 1.62 bits per heavy atom. The van der Waals surface area contributed by atoms with Gasteiger partial charge in [0.1, 0.15) is 5.82 Å². The van der Waals surface area contributed by atoms with E-state index in [1.165, 1.54) is 18.2 Å². The van der Waals surface area contributed by atoms with Gasteiger partial charge in [-0.15, -0.1) is 11.8 Å². The summed E-state index contributed by atoms with van der Waals surface area (Å²) < 4.78 is 50.7. The van der Waals surface area contributed by atoms with E-state index in [4.69, 9.17) is 0 Å². The van der Waals surface area contributed by atoms with Crippen molar-refractivity contribution in [3.8, 4) is 0 Å². The van der Waals surface area contributed by atoms with Crippen molar-refractivity contribution in [3.63, 3.8) is 0 Å². The zero-order valence-electron chi connectivity index (χ0n) is 10.8. The Bertz CT molecular complexity index is 595. The summed E-state index contributed by atoms with van der Waals surface area (Å²) in [6, 6.07) is 10.4. The highest BCUT2D eigenvalue weighted by Crippen LogP contribution is 2.31. The summed E-state index contributed by atoms with van der Waals surface area (Å²) in [7, 11) is 0. The van der Waals surface area contributed by atoms with Crippen molar-refractivity contribution in [2.75, 3.05) is 5.75 Å². The zero-order valence-corrected chi connectivity index (χ0v) is 11.6. The Kier molecular flexibility index (Phi) is 4.90. The topological polar surface area (TPSA) is 20.2 Å². The van der Waals surface area contributed by atoms with Gasteiger partial charge < -0.3 is 5.11 Å². The highest BCUT2D eigenvalue weighted by atomic mass is 32.2. The van der Waals surface area contributed by atoms with E-state index in [9.17, 15) is 22.7 Å². The minimum absolute atomic E-state index is 0.159. The molecule has 0 radical (unpaired) electrons. The maximum Gasteiger partial charge on any atom is 0.416 e. The molecule has 0 bridgehead atoms.